The summed E-state index contributed by atoms with van der Waals surface area (Å²) < 4.78 is 0. The van der Waals surface area contributed by atoms with Crippen molar-refractivity contribution in [3.8, 4) is 6.07 Å². The molecular weight excluding hydrogens is 284 g/mol. The number of benzene rings is 2. The summed E-state index contributed by atoms with van der Waals surface area (Å²) in [7, 11) is 0. The number of nitriles is 1. The molecule has 0 spiro atoms. The van der Waals surface area contributed by atoms with Gasteiger partial charge in [-0.25, -0.2) is 0 Å². The highest BCUT2D eigenvalue weighted by Gasteiger charge is 2.11. The Labute approximate surface area is 137 Å². The molecule has 0 aliphatic heterocycles. The molecule has 0 saturated carbocycles. The van der Waals surface area contributed by atoms with Gasteiger partial charge in [0.05, 0.1) is 0 Å². The van der Waals surface area contributed by atoms with E-state index in [-0.39, 0.29) is 11.5 Å². The van der Waals surface area contributed by atoms with Crippen molar-refractivity contribution in [1.82, 2.24) is 0 Å². The lowest BCUT2D eigenvalue weighted by Crippen LogP contribution is -2.14. The van der Waals surface area contributed by atoms with Gasteiger partial charge in [0, 0.05) is 5.69 Å². The number of anilines is 1. The van der Waals surface area contributed by atoms with E-state index in [0.717, 1.165) is 33.5 Å². The van der Waals surface area contributed by atoms with Crippen LogP contribution in [0.15, 0.2) is 42.0 Å². The average Bonchev–Trinajstić information content (AvgIpc) is 2.50. The first kappa shape index (κ1) is 16.5. The molecule has 0 heterocycles. The lowest BCUT2D eigenvalue weighted by atomic mass is 10.0. The fourth-order valence-electron chi connectivity index (χ4n) is 2.36. The van der Waals surface area contributed by atoms with Crippen LogP contribution in [0.5, 0.6) is 0 Å². The second-order valence-corrected chi connectivity index (χ2v) is 5.80. The predicted octanol–water partition coefficient (Wildman–Crippen LogP) is 4.47. The molecule has 0 radical (unpaired) electrons. The topological polar surface area (TPSA) is 52.9 Å². The quantitative estimate of drug-likeness (QED) is 0.672. The minimum atomic E-state index is -0.389. The second-order valence-electron chi connectivity index (χ2n) is 5.80. The molecule has 2 rings (SSSR count). The molecule has 3 nitrogen and oxygen atoms in total. The average molecular weight is 304 g/mol. The van der Waals surface area contributed by atoms with E-state index in [4.69, 9.17) is 0 Å². The van der Waals surface area contributed by atoms with Gasteiger partial charge in [-0.2, -0.15) is 5.26 Å². The van der Waals surface area contributed by atoms with E-state index in [2.05, 4.69) is 5.32 Å². The molecule has 1 amide bonds. The zero-order chi connectivity index (χ0) is 17.0. The van der Waals surface area contributed by atoms with Crippen molar-refractivity contribution < 1.29 is 4.79 Å². The summed E-state index contributed by atoms with van der Waals surface area (Å²) in [5.74, 6) is -0.389. The molecule has 0 unspecified atom stereocenters. The Balaban J connectivity index is 2.30. The van der Waals surface area contributed by atoms with Gasteiger partial charge in [-0.05, 0) is 56.5 Å². The number of carbonyl (C=O) groups excluding carboxylic acids is 1. The molecule has 0 fully saturated rings. The van der Waals surface area contributed by atoms with Gasteiger partial charge >= 0.3 is 0 Å². The first-order valence-electron chi connectivity index (χ1n) is 7.48. The van der Waals surface area contributed by atoms with Crippen LogP contribution >= 0.6 is 0 Å². The summed E-state index contributed by atoms with van der Waals surface area (Å²) in [5.41, 5.74) is 5.93. The lowest BCUT2D eigenvalue weighted by Gasteiger charge is -2.09. The van der Waals surface area contributed by atoms with Crippen LogP contribution in [0.1, 0.15) is 27.8 Å². The van der Waals surface area contributed by atoms with E-state index in [0.29, 0.717) is 0 Å². The van der Waals surface area contributed by atoms with Gasteiger partial charge in [0.1, 0.15) is 11.6 Å². The van der Waals surface area contributed by atoms with Crippen molar-refractivity contribution in [2.24, 2.45) is 0 Å². The van der Waals surface area contributed by atoms with Crippen molar-refractivity contribution >= 4 is 17.7 Å². The summed E-state index contributed by atoms with van der Waals surface area (Å²) in [4.78, 5) is 12.4. The number of rotatable bonds is 3. The van der Waals surface area contributed by atoms with Gasteiger partial charge in [0.15, 0.2) is 0 Å². The van der Waals surface area contributed by atoms with E-state index in [1.165, 1.54) is 0 Å². The molecule has 0 aliphatic rings. The minimum absolute atomic E-state index is 0.0960. The summed E-state index contributed by atoms with van der Waals surface area (Å²) >= 11 is 0. The first-order valence-corrected chi connectivity index (χ1v) is 7.48. The van der Waals surface area contributed by atoms with E-state index >= 15 is 0 Å². The van der Waals surface area contributed by atoms with Gasteiger partial charge in [0.2, 0.25) is 0 Å². The minimum Gasteiger partial charge on any atom is -0.321 e. The number of aryl methyl sites for hydroxylation is 4. The Morgan fingerprint density at radius 3 is 2.30 bits per heavy atom. The SMILES string of the molecule is Cc1ccc(NC(=O)/C(C#N)=C/c2cc(C)ccc2C)c(C)c1. The molecule has 0 aromatic heterocycles. The van der Waals surface area contributed by atoms with E-state index in [9.17, 15) is 10.1 Å². The molecule has 0 aliphatic carbocycles. The molecule has 0 bridgehead atoms. The summed E-state index contributed by atoms with van der Waals surface area (Å²) in [5, 5.41) is 12.1. The molecular formula is C20H20N2O. The number of hydrogen-bond acceptors (Lipinski definition) is 2. The third-order valence-corrected chi connectivity index (χ3v) is 3.73. The molecule has 3 heteroatoms. The standard InChI is InChI=1S/C20H20N2O/c1-13-6-8-19(16(4)9-13)22-20(23)18(12-21)11-17-10-14(2)5-7-15(17)3/h5-11H,1-4H3,(H,22,23)/b18-11+. The van der Waals surface area contributed by atoms with Crippen molar-refractivity contribution in [3.63, 3.8) is 0 Å². The highest BCUT2D eigenvalue weighted by atomic mass is 16.1. The van der Waals surface area contributed by atoms with Crippen LogP contribution in [-0.2, 0) is 4.79 Å². The monoisotopic (exact) mass is 304 g/mol. The van der Waals surface area contributed by atoms with Crippen LogP contribution in [0.4, 0.5) is 5.69 Å². The summed E-state index contributed by atoms with van der Waals surface area (Å²) in [6, 6.07) is 13.7. The summed E-state index contributed by atoms with van der Waals surface area (Å²) in [6.07, 6.45) is 1.64. The maximum atomic E-state index is 12.4. The van der Waals surface area contributed by atoms with Gasteiger partial charge < -0.3 is 5.32 Å². The fraction of sp³-hybridized carbons (Fsp3) is 0.200. The van der Waals surface area contributed by atoms with Crippen LogP contribution in [0.25, 0.3) is 6.08 Å². The number of hydrogen-bond donors (Lipinski definition) is 1. The second kappa shape index (κ2) is 6.93. The van der Waals surface area contributed by atoms with Gasteiger partial charge in [0.25, 0.3) is 5.91 Å². The number of amides is 1. The van der Waals surface area contributed by atoms with E-state index in [1.807, 2.05) is 70.2 Å². The number of carbonyl (C=O) groups is 1. The number of nitrogens with one attached hydrogen (secondary N) is 1. The smallest absolute Gasteiger partial charge is 0.266 e. The number of nitrogens with zero attached hydrogens (tertiary/aromatic N) is 1. The molecule has 2 aromatic carbocycles. The zero-order valence-electron chi connectivity index (χ0n) is 13.9. The summed E-state index contributed by atoms with van der Waals surface area (Å²) in [6.45, 7) is 7.88. The maximum Gasteiger partial charge on any atom is 0.266 e. The lowest BCUT2D eigenvalue weighted by molar-refractivity contribution is -0.112. The Bertz CT molecular complexity index is 826. The molecule has 2 aromatic rings. The van der Waals surface area contributed by atoms with Crippen molar-refractivity contribution in [3.05, 3.63) is 69.8 Å². The van der Waals surface area contributed by atoms with Gasteiger partial charge in [-0.15, -0.1) is 0 Å². The van der Waals surface area contributed by atoms with Crippen molar-refractivity contribution in [2.45, 2.75) is 27.7 Å². The Hall–Kier alpha value is -2.86. The third-order valence-electron chi connectivity index (χ3n) is 3.73. The van der Waals surface area contributed by atoms with Crippen LogP contribution in [0.3, 0.4) is 0 Å². The Morgan fingerprint density at radius 1 is 1.00 bits per heavy atom. The molecule has 116 valence electrons. The van der Waals surface area contributed by atoms with E-state index in [1.54, 1.807) is 6.08 Å². The maximum absolute atomic E-state index is 12.4. The largest absolute Gasteiger partial charge is 0.321 e. The van der Waals surface area contributed by atoms with Crippen molar-refractivity contribution in [1.29, 1.82) is 5.26 Å². The fourth-order valence-corrected chi connectivity index (χ4v) is 2.36. The van der Waals surface area contributed by atoms with Crippen LogP contribution in [0, 0.1) is 39.0 Å². The van der Waals surface area contributed by atoms with Gasteiger partial charge in [-0.3, -0.25) is 4.79 Å². The van der Waals surface area contributed by atoms with Crippen LogP contribution in [-0.4, -0.2) is 5.91 Å². The van der Waals surface area contributed by atoms with E-state index < -0.39 is 0 Å². The Morgan fingerprint density at radius 2 is 1.65 bits per heavy atom. The van der Waals surface area contributed by atoms with Gasteiger partial charge in [-0.1, -0.05) is 41.5 Å². The molecule has 1 N–H and O–H groups in total. The van der Waals surface area contributed by atoms with Crippen LogP contribution in [0.2, 0.25) is 0 Å². The van der Waals surface area contributed by atoms with Crippen LogP contribution < -0.4 is 5.32 Å². The zero-order valence-corrected chi connectivity index (χ0v) is 13.9. The predicted molar refractivity (Wildman–Crippen MR) is 94.1 cm³/mol. The highest BCUT2D eigenvalue weighted by Crippen LogP contribution is 2.19. The first-order chi connectivity index (χ1) is 10.9. The molecule has 0 atom stereocenters. The normalized spacial score (nSPS) is 11.0. The molecule has 0 saturated heterocycles. The molecule has 23 heavy (non-hydrogen) atoms. The van der Waals surface area contributed by atoms with Crippen molar-refractivity contribution in [2.75, 3.05) is 5.32 Å². The highest BCUT2D eigenvalue weighted by molar-refractivity contribution is 6.10. The third kappa shape index (κ3) is 4.08. The Kier molecular flexibility index (Phi) is 4.98.